The number of thiazole rings is 1. The van der Waals surface area contributed by atoms with Crippen molar-refractivity contribution < 1.29 is 13.2 Å². The number of piperidine rings is 2. The molecule has 4 heterocycles. The molecule has 2 aliphatic heterocycles. The van der Waals surface area contributed by atoms with Gasteiger partial charge in [0.15, 0.2) is 0 Å². The van der Waals surface area contributed by atoms with Crippen LogP contribution in [-0.2, 0) is 17.1 Å². The Labute approximate surface area is 195 Å². The molecule has 176 valence electrons. The highest BCUT2D eigenvalue weighted by Gasteiger charge is 2.35. The molecule has 2 aliphatic rings. The molecule has 2 aromatic heterocycles. The topological polar surface area (TPSA) is 75.5 Å². The van der Waals surface area contributed by atoms with Gasteiger partial charge < -0.3 is 9.47 Å². The molecule has 7 nitrogen and oxygen atoms in total. The normalized spacial score (nSPS) is 20.6. The van der Waals surface area contributed by atoms with Crippen LogP contribution in [0.2, 0.25) is 0 Å². The molecule has 0 spiro atoms. The molecule has 32 heavy (non-hydrogen) atoms. The summed E-state index contributed by atoms with van der Waals surface area (Å²) in [4.78, 5) is 20.7. The molecule has 0 N–H and O–H groups in total. The van der Waals surface area contributed by atoms with Crippen molar-refractivity contribution >= 4 is 27.3 Å². The summed E-state index contributed by atoms with van der Waals surface area (Å²) in [6.07, 6.45) is 6.99. The van der Waals surface area contributed by atoms with Crippen LogP contribution in [-0.4, -0.2) is 58.8 Å². The summed E-state index contributed by atoms with van der Waals surface area (Å²) in [5.41, 5.74) is 2.17. The minimum Gasteiger partial charge on any atom is -0.345 e. The summed E-state index contributed by atoms with van der Waals surface area (Å²) >= 11 is 1.37. The lowest BCUT2D eigenvalue weighted by Gasteiger charge is -2.34. The van der Waals surface area contributed by atoms with Gasteiger partial charge in [-0.1, -0.05) is 13.3 Å². The van der Waals surface area contributed by atoms with Crippen LogP contribution < -0.4 is 0 Å². The zero-order valence-electron chi connectivity index (χ0n) is 19.6. The SMILES string of the molecule is CC[C@H]1CCCCN1S(=O)(=O)c1cc(-c2nc(C)c(C(=O)N3CCCCC3)s2)n(C)c1C. The molecule has 1 atom stereocenters. The van der Waals surface area contributed by atoms with Gasteiger partial charge in [-0.3, -0.25) is 4.79 Å². The average molecular weight is 479 g/mol. The Morgan fingerprint density at radius 3 is 2.50 bits per heavy atom. The maximum absolute atomic E-state index is 13.6. The molecule has 0 aromatic carbocycles. The Hall–Kier alpha value is -1.71. The Kier molecular flexibility index (Phi) is 6.79. The summed E-state index contributed by atoms with van der Waals surface area (Å²) in [6, 6.07) is 1.81. The second kappa shape index (κ2) is 9.27. The van der Waals surface area contributed by atoms with Crippen LogP contribution >= 0.6 is 11.3 Å². The summed E-state index contributed by atoms with van der Waals surface area (Å²) < 4.78 is 30.8. The largest absolute Gasteiger partial charge is 0.345 e. The van der Waals surface area contributed by atoms with Gasteiger partial charge in [0.2, 0.25) is 10.0 Å². The second-order valence-electron chi connectivity index (χ2n) is 9.00. The zero-order valence-corrected chi connectivity index (χ0v) is 21.2. The van der Waals surface area contributed by atoms with Crippen LogP contribution in [0.5, 0.6) is 0 Å². The fraction of sp³-hybridized carbons (Fsp3) is 0.652. The highest BCUT2D eigenvalue weighted by molar-refractivity contribution is 7.89. The third-order valence-electron chi connectivity index (χ3n) is 6.97. The Bertz CT molecular complexity index is 1100. The third kappa shape index (κ3) is 4.15. The van der Waals surface area contributed by atoms with E-state index in [-0.39, 0.29) is 11.9 Å². The van der Waals surface area contributed by atoms with Gasteiger partial charge in [0.25, 0.3) is 5.91 Å². The highest BCUT2D eigenvalue weighted by Crippen LogP contribution is 2.35. The van der Waals surface area contributed by atoms with E-state index in [0.717, 1.165) is 57.3 Å². The van der Waals surface area contributed by atoms with Crippen molar-refractivity contribution in [1.29, 1.82) is 0 Å². The second-order valence-corrected chi connectivity index (χ2v) is 11.9. The van der Waals surface area contributed by atoms with Crippen molar-refractivity contribution in [2.24, 2.45) is 7.05 Å². The number of hydrogen-bond donors (Lipinski definition) is 0. The molecular weight excluding hydrogens is 444 g/mol. The molecule has 4 rings (SSSR count). The number of likely N-dealkylation sites (tertiary alicyclic amines) is 1. The van der Waals surface area contributed by atoms with E-state index >= 15 is 0 Å². The van der Waals surface area contributed by atoms with E-state index in [1.165, 1.54) is 17.8 Å². The lowest BCUT2D eigenvalue weighted by molar-refractivity contribution is 0.0728. The highest BCUT2D eigenvalue weighted by atomic mass is 32.2. The standard InChI is InChI=1S/C23H34N4O3S2/c1-5-18-11-7-10-14-27(18)32(29,30)20-15-19(25(4)17(20)3)22-24-16(2)21(31-22)23(28)26-12-8-6-9-13-26/h15,18H,5-14H2,1-4H3/t18-/m0/s1. The van der Waals surface area contributed by atoms with Gasteiger partial charge in [0, 0.05) is 38.4 Å². The first-order valence-electron chi connectivity index (χ1n) is 11.7. The molecular formula is C23H34N4O3S2. The lowest BCUT2D eigenvalue weighted by Crippen LogP contribution is -2.43. The predicted molar refractivity (Wildman–Crippen MR) is 128 cm³/mol. The number of sulfonamides is 1. The molecule has 1 amide bonds. The lowest BCUT2D eigenvalue weighted by atomic mass is 10.0. The average Bonchev–Trinajstić information content (AvgIpc) is 3.33. The maximum atomic E-state index is 13.6. The van der Waals surface area contributed by atoms with Crippen LogP contribution in [0.25, 0.3) is 10.7 Å². The molecule has 0 unspecified atom stereocenters. The van der Waals surface area contributed by atoms with Crippen molar-refractivity contribution in [2.75, 3.05) is 19.6 Å². The van der Waals surface area contributed by atoms with Gasteiger partial charge in [0.1, 0.15) is 14.8 Å². The Balaban J connectivity index is 1.68. The Morgan fingerprint density at radius 1 is 1.12 bits per heavy atom. The van der Waals surface area contributed by atoms with Gasteiger partial charge in [-0.2, -0.15) is 4.31 Å². The number of nitrogens with zero attached hydrogens (tertiary/aromatic N) is 4. The van der Waals surface area contributed by atoms with Crippen molar-refractivity contribution in [2.45, 2.75) is 76.7 Å². The summed E-state index contributed by atoms with van der Waals surface area (Å²) in [5, 5.41) is 0.695. The van der Waals surface area contributed by atoms with Crippen LogP contribution in [0.3, 0.4) is 0 Å². The smallest absolute Gasteiger partial charge is 0.265 e. The molecule has 0 saturated carbocycles. The maximum Gasteiger partial charge on any atom is 0.265 e. The minimum atomic E-state index is -3.59. The van der Waals surface area contributed by atoms with Gasteiger partial charge in [-0.05, 0) is 58.4 Å². The van der Waals surface area contributed by atoms with Gasteiger partial charge >= 0.3 is 0 Å². The van der Waals surface area contributed by atoms with E-state index in [4.69, 9.17) is 0 Å². The number of carbonyl (C=O) groups is 1. The minimum absolute atomic E-state index is 0.0452. The van der Waals surface area contributed by atoms with E-state index in [1.807, 2.05) is 30.4 Å². The van der Waals surface area contributed by atoms with Crippen molar-refractivity contribution in [1.82, 2.24) is 18.8 Å². The third-order valence-corrected chi connectivity index (χ3v) is 10.2. The fourth-order valence-corrected chi connectivity index (χ4v) is 8.03. The first-order valence-corrected chi connectivity index (χ1v) is 14.0. The molecule has 0 aliphatic carbocycles. The first kappa shape index (κ1) is 23.4. The molecule has 0 bridgehead atoms. The van der Waals surface area contributed by atoms with Crippen molar-refractivity contribution in [3.05, 3.63) is 22.3 Å². The molecule has 0 radical (unpaired) electrons. The number of hydrogen-bond acceptors (Lipinski definition) is 5. The Morgan fingerprint density at radius 2 is 1.81 bits per heavy atom. The summed E-state index contributed by atoms with van der Waals surface area (Å²) in [5.74, 6) is 0.0452. The molecule has 9 heteroatoms. The number of amides is 1. The number of aryl methyl sites for hydroxylation is 1. The fourth-order valence-electron chi connectivity index (χ4n) is 4.91. The van der Waals surface area contributed by atoms with Crippen LogP contribution in [0.4, 0.5) is 0 Å². The van der Waals surface area contributed by atoms with Gasteiger partial charge in [-0.25, -0.2) is 13.4 Å². The zero-order chi connectivity index (χ0) is 23.0. The summed E-state index contributed by atoms with van der Waals surface area (Å²) in [7, 11) is -1.71. The first-order chi connectivity index (χ1) is 15.3. The quantitative estimate of drug-likeness (QED) is 0.640. The van der Waals surface area contributed by atoms with E-state index < -0.39 is 10.0 Å². The number of carbonyl (C=O) groups excluding carboxylic acids is 1. The van der Waals surface area contributed by atoms with Crippen LogP contribution in [0.15, 0.2) is 11.0 Å². The predicted octanol–water partition coefficient (Wildman–Crippen LogP) is 4.34. The summed E-state index contributed by atoms with van der Waals surface area (Å²) in [6.45, 7) is 7.94. The molecule has 2 aromatic rings. The van der Waals surface area contributed by atoms with E-state index in [2.05, 4.69) is 11.9 Å². The van der Waals surface area contributed by atoms with Gasteiger partial charge in [-0.15, -0.1) is 11.3 Å². The molecule has 2 fully saturated rings. The van der Waals surface area contributed by atoms with Crippen molar-refractivity contribution in [3.63, 3.8) is 0 Å². The van der Waals surface area contributed by atoms with Crippen LogP contribution in [0.1, 0.15) is 72.9 Å². The van der Waals surface area contributed by atoms with E-state index in [1.54, 1.807) is 10.4 Å². The number of aromatic nitrogens is 2. The van der Waals surface area contributed by atoms with Crippen LogP contribution in [0, 0.1) is 13.8 Å². The van der Waals surface area contributed by atoms with E-state index in [9.17, 15) is 13.2 Å². The monoisotopic (exact) mass is 478 g/mol. The van der Waals surface area contributed by atoms with Crippen molar-refractivity contribution in [3.8, 4) is 10.7 Å². The van der Waals surface area contributed by atoms with E-state index in [0.29, 0.717) is 32.7 Å². The van der Waals surface area contributed by atoms with Gasteiger partial charge in [0.05, 0.1) is 11.4 Å². The number of rotatable bonds is 5. The molecule has 2 saturated heterocycles.